The maximum absolute atomic E-state index is 14.4. The molecular formula is C72H100CoN18O17P. The third kappa shape index (κ3) is 16.3. The second-order valence-corrected chi connectivity index (χ2v) is 32.4. The molecule has 7 amide bonds. The van der Waals surface area contributed by atoms with Crippen LogP contribution in [0.2, 0.25) is 0 Å². The Bertz CT molecular complexity index is 4520. The first-order chi connectivity index (χ1) is 50.4. The van der Waals surface area contributed by atoms with Gasteiger partial charge in [0, 0.05) is 108 Å². The average molecular weight is 1580 g/mol. The predicted octanol–water partition coefficient (Wildman–Crippen LogP) is 2.17. The van der Waals surface area contributed by atoms with Crippen molar-refractivity contribution in [1.29, 1.82) is 0 Å². The van der Waals surface area contributed by atoms with E-state index in [0.29, 0.717) is 67.6 Å². The van der Waals surface area contributed by atoms with E-state index in [1.165, 1.54) is 35.0 Å². The molecule has 35 nitrogen and oxygen atoms in total. The van der Waals surface area contributed by atoms with Gasteiger partial charge in [0.25, 0.3) is 7.82 Å². The molecule has 19 N–H and O–H groups in total. The van der Waals surface area contributed by atoms with Gasteiger partial charge in [-0.15, -0.1) is 0 Å². The largest absolute Gasteiger partial charge is 3.00 e. The van der Waals surface area contributed by atoms with Crippen LogP contribution in [0.5, 0.6) is 0 Å². The van der Waals surface area contributed by atoms with Crippen molar-refractivity contribution < 1.29 is 98.7 Å². The molecule has 19 atom stereocenters. The number of aliphatic imine (C=N–C) groups is 3. The van der Waals surface area contributed by atoms with Gasteiger partial charge in [-0.2, -0.15) is 5.70 Å². The number of nitrogen functional groups attached to an aromatic ring is 1. The van der Waals surface area contributed by atoms with E-state index in [4.69, 9.17) is 79.0 Å². The van der Waals surface area contributed by atoms with E-state index in [9.17, 15) is 63.4 Å². The minimum absolute atomic E-state index is 0. The number of rotatable bonds is 27. The summed E-state index contributed by atoms with van der Waals surface area (Å²) in [5.41, 5.74) is 43.2. The van der Waals surface area contributed by atoms with E-state index in [1.807, 2.05) is 80.5 Å². The number of carbonyl (C=O) groups excluding carboxylic acids is 7. The molecule has 7 aliphatic heterocycles. The van der Waals surface area contributed by atoms with Crippen LogP contribution in [0.4, 0.5) is 5.82 Å². The summed E-state index contributed by atoms with van der Waals surface area (Å²) < 4.78 is 38.8. The van der Waals surface area contributed by atoms with Gasteiger partial charge >= 0.3 is 16.8 Å². The third-order valence-corrected chi connectivity index (χ3v) is 24.6. The maximum atomic E-state index is 14.4. The minimum Gasteiger partial charge on any atom is -0.756 e. The molecule has 37 heteroatoms. The number of ether oxygens (including phenoxy) is 2. The summed E-state index contributed by atoms with van der Waals surface area (Å²) in [6, 6.07) is 2.65. The van der Waals surface area contributed by atoms with E-state index in [-0.39, 0.29) is 99.8 Å². The van der Waals surface area contributed by atoms with Gasteiger partial charge in [0.15, 0.2) is 23.9 Å². The Morgan fingerprint density at radius 1 is 0.734 bits per heavy atom. The van der Waals surface area contributed by atoms with Crippen LogP contribution in [0.25, 0.3) is 27.5 Å². The van der Waals surface area contributed by atoms with Crippen LogP contribution >= 0.6 is 7.82 Å². The number of aliphatic hydroxyl groups is 4. The number of hydrogen-bond donors (Lipinski definition) is 12. The average Bonchev–Trinajstić information content (AvgIpc) is 1.53. The van der Waals surface area contributed by atoms with E-state index in [1.54, 1.807) is 6.92 Å². The van der Waals surface area contributed by atoms with Crippen molar-refractivity contribution in [3.63, 3.8) is 0 Å². The number of phosphoric ester groups is 1. The molecule has 594 valence electrons. The Morgan fingerprint density at radius 2 is 1.34 bits per heavy atom. The van der Waals surface area contributed by atoms with Gasteiger partial charge in [0.1, 0.15) is 36.3 Å². The molecule has 3 aromatic heterocycles. The summed E-state index contributed by atoms with van der Waals surface area (Å²) in [7, 11) is -5.32. The predicted molar refractivity (Wildman–Crippen MR) is 393 cm³/mol. The second-order valence-electron chi connectivity index (χ2n) is 31.1. The van der Waals surface area contributed by atoms with Crippen LogP contribution in [0, 0.1) is 66.1 Å². The Balaban J connectivity index is 0.000000623. The number of nitrogens with two attached hydrogens (primary N) is 7. The van der Waals surface area contributed by atoms with Crippen molar-refractivity contribution in [2.45, 2.75) is 214 Å². The number of nitrogens with zero attached hydrogens (tertiary/aromatic N) is 10. The molecule has 4 aromatic rings. The second kappa shape index (κ2) is 32.2. The molecule has 0 aliphatic carbocycles. The van der Waals surface area contributed by atoms with Crippen molar-refractivity contribution in [3.8, 4) is 0 Å². The number of benzene rings is 1. The molecule has 0 spiro atoms. The molecule has 11 unspecified atom stereocenters. The normalized spacial score (nSPS) is 33.6. The zero-order valence-corrected chi connectivity index (χ0v) is 64.8. The Labute approximate surface area is 640 Å². The van der Waals surface area contributed by atoms with Crippen LogP contribution < -0.4 is 50.3 Å². The Kier molecular flexibility index (Phi) is 25.0. The maximum Gasteiger partial charge on any atom is 3.00 e. The standard InChI is InChI=1S/C62H90N13O14P.C10H12N5O3.Co/c1-29-20-39-40(21-30(29)2)75(28-70-39)57-52(84)53(41(27-76)87-57)89-90(85,86)88-31(3)26-69-49(83)18-19-59(8)37(22-46(66)80)56-62(11)61(10,25-48(68)82)36(14-17-45(65)79)51(74-62)33(5)55-60(9,24-47(67)81)34(12-15-43(63)77)38(71-55)23-42-58(6,7)35(13-16-44(64)78)50(72-42)32(4)54(59)73-56;1-4-6(16)7(17)10(18-4)15-3-14-5-8(11)12-2-13-9(5)15;/h20-21,23,28,31,34-37,41,52-53,56-57,76,84H,12-19,22,24-27H2,1-11H3,(H15,63,64,65,66,67,68,69,71,72,73,74,77,78,79,80,81,82,83,85,86);2-4,6-7,10,16-17H,1H2,(H2,11,12,13);/q;-1;+3/p-2/t31?,34?,35?,36?,37?,41-,52-,53-,56?,57+,59?,60?,61?,62?;4-,6-,7-,10+;/m11./s1. The Morgan fingerprint density at radius 3 is 1.94 bits per heavy atom. The topological polar surface area (TPSA) is 584 Å². The number of phosphoric acid groups is 1. The summed E-state index contributed by atoms with van der Waals surface area (Å²) in [5.74, 6) is -7.16. The van der Waals surface area contributed by atoms with Gasteiger partial charge in [0.2, 0.25) is 41.4 Å². The van der Waals surface area contributed by atoms with Crippen LogP contribution in [0.15, 0.2) is 80.4 Å². The molecule has 3 fully saturated rings. The molecule has 7 aliphatic rings. The number of amides is 7. The number of primary amides is 6. The van der Waals surface area contributed by atoms with Gasteiger partial charge in [-0.25, -0.2) is 19.9 Å². The number of imidazole rings is 2. The molecule has 109 heavy (non-hydrogen) atoms. The number of aliphatic hydroxyl groups excluding tert-OH is 4. The van der Waals surface area contributed by atoms with Crippen LogP contribution in [-0.2, 0) is 73.4 Å². The number of fused-ring (bicyclic) bond motifs is 8. The first kappa shape index (κ1) is 84.8. The van der Waals surface area contributed by atoms with Gasteiger partial charge in [-0.1, -0.05) is 40.7 Å². The van der Waals surface area contributed by atoms with Crippen molar-refractivity contribution in [2.24, 2.45) is 94.7 Å². The zero-order valence-electron chi connectivity index (χ0n) is 62.8. The van der Waals surface area contributed by atoms with E-state index >= 15 is 0 Å². The molecule has 11 rings (SSSR count). The van der Waals surface area contributed by atoms with Gasteiger partial charge < -0.3 is 106 Å². The molecule has 0 radical (unpaired) electrons. The fourth-order valence-corrected chi connectivity index (χ4v) is 18.5. The summed E-state index contributed by atoms with van der Waals surface area (Å²) >= 11 is 0. The summed E-state index contributed by atoms with van der Waals surface area (Å²) in [4.78, 5) is 140. The van der Waals surface area contributed by atoms with Gasteiger partial charge in [0.05, 0.1) is 53.7 Å². The molecule has 3 saturated heterocycles. The van der Waals surface area contributed by atoms with Crippen molar-refractivity contribution >= 4 is 94.3 Å². The summed E-state index contributed by atoms with van der Waals surface area (Å²) in [6.07, 6.45) is -5.69. The van der Waals surface area contributed by atoms with Crippen LogP contribution in [0.1, 0.15) is 157 Å². The number of carbonyl (C=O) groups is 7. The minimum atomic E-state index is -5.32. The smallest absolute Gasteiger partial charge is 0.756 e. The first-order valence-corrected chi connectivity index (χ1v) is 37.3. The molecular weight excluding hydrogens is 1480 g/mol. The monoisotopic (exact) mass is 1580 g/mol. The van der Waals surface area contributed by atoms with Crippen molar-refractivity contribution in [2.75, 3.05) is 18.9 Å². The van der Waals surface area contributed by atoms with Crippen LogP contribution in [0.3, 0.4) is 0 Å². The Hall–Kier alpha value is -8.26. The number of hydrogen-bond acceptors (Lipinski definition) is 25. The number of allylic oxidation sites excluding steroid dienone is 6. The van der Waals surface area contributed by atoms with Crippen LogP contribution in [-0.4, -0.2) is 175 Å². The van der Waals surface area contributed by atoms with E-state index in [2.05, 4.69) is 32.2 Å². The van der Waals surface area contributed by atoms with Crippen molar-refractivity contribution in [1.82, 2.24) is 34.4 Å². The summed E-state index contributed by atoms with van der Waals surface area (Å²) in [5, 5.41) is 49.6. The van der Waals surface area contributed by atoms with E-state index in [0.717, 1.165) is 11.1 Å². The summed E-state index contributed by atoms with van der Waals surface area (Å²) in [6.45, 7) is 22.6. The van der Waals surface area contributed by atoms with Gasteiger partial charge in [-0.3, -0.25) is 57.7 Å². The first-order valence-electron chi connectivity index (χ1n) is 35.9. The SMILES string of the molecule is C/C1=C2N=C(/C=C3N=C(/C(C)=C4\[N-]C(C(CC(N)=O)C4(C)CCC(=O)NCC(C)OP(=O)([O-])O[C@H]4[C@@H](O)[C@@H](n5cnc6cc(C)c(C)cc65)O[C@@H]4CO)C4(C)N=C1C(CCC(N)=O)C4(C)CC(N)=O)C(CCC(N)=O)C\3(C)C)C(CCC(N)=O)C/2(C)CC(N)=O.[CH2-][C@H]1O[C@H](n2cnc3c(N)ncnc32)[C@H](O)[C@@H]1O.[Co+3]. The fraction of sp³-hybridized carbons (Fsp3) is 0.597. The molecule has 10 heterocycles. The molecule has 1 aromatic carbocycles. The zero-order chi connectivity index (χ0) is 79.6. The van der Waals surface area contributed by atoms with Gasteiger partial charge in [-0.05, 0) is 125 Å². The third-order valence-electron chi connectivity index (χ3n) is 23.5. The number of aromatic nitrogens is 6. The van der Waals surface area contributed by atoms with Crippen molar-refractivity contribution in [3.05, 3.63) is 88.8 Å². The fourth-order valence-electron chi connectivity index (χ4n) is 17.3. The van der Waals surface area contributed by atoms with E-state index < -0.39 is 168 Å². The molecule has 8 bridgehead atoms. The number of aryl methyl sites for hydroxylation is 2. The number of nitrogens with one attached hydrogen (secondary N) is 1. The molecule has 0 saturated carbocycles. The quantitative estimate of drug-likeness (QED) is 0.0301. The number of anilines is 1.